The Hall–Kier alpha value is -1.60. The molecule has 2 rings (SSSR count). The fraction of sp³-hybridized carbons (Fsp3) is 0.500. The third-order valence-corrected chi connectivity index (χ3v) is 5.13. The Morgan fingerprint density at radius 1 is 1.29 bits per heavy atom. The molecule has 0 atom stereocenters. The van der Waals surface area contributed by atoms with Gasteiger partial charge in [-0.1, -0.05) is 0 Å². The number of ether oxygens (including phenoxy) is 1. The summed E-state index contributed by atoms with van der Waals surface area (Å²) < 4.78 is 30.2. The first-order chi connectivity index (χ1) is 10.0. The zero-order valence-electron chi connectivity index (χ0n) is 12.0. The molecular formula is C14H20N2O4S. The molecule has 7 heteroatoms. The molecule has 1 aromatic carbocycles. The standard InChI is InChI=1S/C14H20N2O4S/c1-2-20-13-7-5-12(6-8-13)15-14(17)11-16-9-3-4-10-21(16,18)19/h5-8H,2-4,9-11H2,1H3,(H,15,17). The molecule has 1 saturated heterocycles. The van der Waals surface area contributed by atoms with Gasteiger partial charge in [0.15, 0.2) is 0 Å². The van der Waals surface area contributed by atoms with Gasteiger partial charge in [0, 0.05) is 12.2 Å². The molecule has 1 fully saturated rings. The molecule has 1 N–H and O–H groups in total. The van der Waals surface area contributed by atoms with E-state index in [1.54, 1.807) is 24.3 Å². The van der Waals surface area contributed by atoms with Gasteiger partial charge < -0.3 is 10.1 Å². The number of hydrogen-bond acceptors (Lipinski definition) is 4. The Kier molecular flexibility index (Phi) is 5.19. The van der Waals surface area contributed by atoms with Crippen LogP contribution in [0.1, 0.15) is 19.8 Å². The van der Waals surface area contributed by atoms with E-state index in [4.69, 9.17) is 4.74 Å². The van der Waals surface area contributed by atoms with E-state index in [2.05, 4.69) is 5.32 Å². The molecule has 0 bridgehead atoms. The SMILES string of the molecule is CCOc1ccc(NC(=O)CN2CCCCS2(=O)=O)cc1. The highest BCUT2D eigenvalue weighted by Gasteiger charge is 2.27. The number of nitrogens with zero attached hydrogens (tertiary/aromatic N) is 1. The fourth-order valence-electron chi connectivity index (χ4n) is 2.18. The predicted octanol–water partition coefficient (Wildman–Crippen LogP) is 1.45. The molecule has 1 aromatic rings. The zero-order valence-corrected chi connectivity index (χ0v) is 12.9. The molecule has 0 unspecified atom stereocenters. The first kappa shape index (κ1) is 15.8. The van der Waals surface area contributed by atoms with Crippen molar-refractivity contribution < 1.29 is 17.9 Å². The summed E-state index contributed by atoms with van der Waals surface area (Å²) in [7, 11) is -3.27. The van der Waals surface area contributed by atoms with Crippen LogP contribution in [-0.2, 0) is 14.8 Å². The number of rotatable bonds is 5. The number of benzene rings is 1. The van der Waals surface area contributed by atoms with Gasteiger partial charge >= 0.3 is 0 Å². The Morgan fingerprint density at radius 2 is 2.00 bits per heavy atom. The average molecular weight is 312 g/mol. The number of nitrogens with one attached hydrogen (secondary N) is 1. The monoisotopic (exact) mass is 312 g/mol. The summed E-state index contributed by atoms with van der Waals surface area (Å²) in [6, 6.07) is 6.98. The van der Waals surface area contributed by atoms with E-state index in [0.29, 0.717) is 25.3 Å². The van der Waals surface area contributed by atoms with E-state index in [1.807, 2.05) is 6.92 Å². The first-order valence-electron chi connectivity index (χ1n) is 7.02. The highest BCUT2D eigenvalue weighted by molar-refractivity contribution is 7.89. The number of carbonyl (C=O) groups excluding carboxylic acids is 1. The molecular weight excluding hydrogens is 292 g/mol. The summed E-state index contributed by atoms with van der Waals surface area (Å²) in [5, 5.41) is 2.70. The summed E-state index contributed by atoms with van der Waals surface area (Å²) in [6.45, 7) is 2.77. The van der Waals surface area contributed by atoms with Crippen LogP contribution in [0.15, 0.2) is 24.3 Å². The third-order valence-electron chi connectivity index (χ3n) is 3.22. The smallest absolute Gasteiger partial charge is 0.239 e. The summed E-state index contributed by atoms with van der Waals surface area (Å²) in [4.78, 5) is 11.9. The lowest BCUT2D eigenvalue weighted by Crippen LogP contribution is -2.42. The van der Waals surface area contributed by atoms with Crippen molar-refractivity contribution in [3.63, 3.8) is 0 Å². The maximum absolute atomic E-state index is 11.9. The molecule has 21 heavy (non-hydrogen) atoms. The molecule has 1 aliphatic rings. The van der Waals surface area contributed by atoms with Crippen molar-refractivity contribution in [1.82, 2.24) is 4.31 Å². The lowest BCUT2D eigenvalue weighted by atomic mass is 10.3. The summed E-state index contributed by atoms with van der Waals surface area (Å²) in [5.74, 6) is 0.530. The fourth-order valence-corrected chi connectivity index (χ4v) is 3.73. The van der Waals surface area contributed by atoms with Crippen LogP contribution in [-0.4, -0.2) is 44.1 Å². The normalized spacial score (nSPS) is 18.1. The molecule has 0 aromatic heterocycles. The maximum Gasteiger partial charge on any atom is 0.239 e. The number of amides is 1. The van der Waals surface area contributed by atoms with Gasteiger partial charge in [-0.05, 0) is 44.0 Å². The van der Waals surface area contributed by atoms with E-state index in [9.17, 15) is 13.2 Å². The van der Waals surface area contributed by atoms with Crippen molar-refractivity contribution in [3.8, 4) is 5.75 Å². The van der Waals surface area contributed by atoms with Gasteiger partial charge in [0.2, 0.25) is 15.9 Å². The Bertz CT molecular complexity index is 583. The van der Waals surface area contributed by atoms with E-state index >= 15 is 0 Å². The molecule has 0 radical (unpaired) electrons. The van der Waals surface area contributed by atoms with Crippen LogP contribution in [0, 0.1) is 0 Å². The van der Waals surface area contributed by atoms with E-state index in [-0.39, 0.29) is 18.2 Å². The van der Waals surface area contributed by atoms with Crippen molar-refractivity contribution in [3.05, 3.63) is 24.3 Å². The summed E-state index contributed by atoms with van der Waals surface area (Å²) in [5.41, 5.74) is 0.623. The lowest BCUT2D eigenvalue weighted by Gasteiger charge is -2.25. The van der Waals surface area contributed by atoms with E-state index in [1.165, 1.54) is 4.31 Å². The van der Waals surface area contributed by atoms with Crippen molar-refractivity contribution >= 4 is 21.6 Å². The molecule has 0 spiro atoms. The highest BCUT2D eigenvalue weighted by Crippen LogP contribution is 2.16. The Balaban J connectivity index is 1.92. The number of hydrogen-bond donors (Lipinski definition) is 1. The molecule has 116 valence electrons. The summed E-state index contributed by atoms with van der Waals surface area (Å²) >= 11 is 0. The van der Waals surface area contributed by atoms with Gasteiger partial charge in [0.05, 0.1) is 18.9 Å². The van der Waals surface area contributed by atoms with Gasteiger partial charge in [-0.25, -0.2) is 8.42 Å². The minimum Gasteiger partial charge on any atom is -0.494 e. The maximum atomic E-state index is 11.9. The van der Waals surface area contributed by atoms with Gasteiger partial charge in [-0.2, -0.15) is 4.31 Å². The van der Waals surface area contributed by atoms with Crippen LogP contribution in [0.4, 0.5) is 5.69 Å². The van der Waals surface area contributed by atoms with Crippen molar-refractivity contribution in [2.45, 2.75) is 19.8 Å². The third kappa shape index (κ3) is 4.44. The topological polar surface area (TPSA) is 75.7 Å². The molecule has 1 heterocycles. The minimum absolute atomic E-state index is 0.128. The van der Waals surface area contributed by atoms with Crippen LogP contribution in [0.5, 0.6) is 5.75 Å². The largest absolute Gasteiger partial charge is 0.494 e. The quantitative estimate of drug-likeness (QED) is 0.893. The van der Waals surface area contributed by atoms with Crippen molar-refractivity contribution in [2.75, 3.05) is 30.8 Å². The van der Waals surface area contributed by atoms with Crippen molar-refractivity contribution in [2.24, 2.45) is 0 Å². The van der Waals surface area contributed by atoms with Crippen LogP contribution in [0.3, 0.4) is 0 Å². The second kappa shape index (κ2) is 6.91. The first-order valence-corrected chi connectivity index (χ1v) is 8.63. The van der Waals surface area contributed by atoms with Gasteiger partial charge in [0.1, 0.15) is 5.75 Å². The molecule has 1 aliphatic heterocycles. The number of carbonyl (C=O) groups is 1. The van der Waals surface area contributed by atoms with E-state index in [0.717, 1.165) is 12.2 Å². The van der Waals surface area contributed by atoms with Gasteiger partial charge in [0.25, 0.3) is 0 Å². The molecule has 0 aliphatic carbocycles. The Labute approximate surface area is 125 Å². The van der Waals surface area contributed by atoms with Crippen molar-refractivity contribution in [1.29, 1.82) is 0 Å². The van der Waals surface area contributed by atoms with Gasteiger partial charge in [-0.3, -0.25) is 4.79 Å². The summed E-state index contributed by atoms with van der Waals surface area (Å²) in [6.07, 6.45) is 1.47. The van der Waals surface area contributed by atoms with Gasteiger partial charge in [-0.15, -0.1) is 0 Å². The van der Waals surface area contributed by atoms with Crippen LogP contribution >= 0.6 is 0 Å². The zero-order chi connectivity index (χ0) is 15.3. The Morgan fingerprint density at radius 3 is 2.62 bits per heavy atom. The predicted molar refractivity (Wildman–Crippen MR) is 80.8 cm³/mol. The molecule has 6 nitrogen and oxygen atoms in total. The average Bonchev–Trinajstić information content (AvgIpc) is 2.44. The molecule has 1 amide bonds. The van der Waals surface area contributed by atoms with Crippen LogP contribution < -0.4 is 10.1 Å². The minimum atomic E-state index is -3.27. The van der Waals surface area contributed by atoms with E-state index < -0.39 is 10.0 Å². The van der Waals surface area contributed by atoms with Crippen LogP contribution in [0.2, 0.25) is 0 Å². The highest BCUT2D eigenvalue weighted by atomic mass is 32.2. The number of sulfonamides is 1. The second-order valence-electron chi connectivity index (χ2n) is 4.86. The van der Waals surface area contributed by atoms with Crippen LogP contribution in [0.25, 0.3) is 0 Å². The number of anilines is 1. The second-order valence-corrected chi connectivity index (χ2v) is 6.95. The molecule has 0 saturated carbocycles. The lowest BCUT2D eigenvalue weighted by molar-refractivity contribution is -0.116.